The third-order valence-corrected chi connectivity index (χ3v) is 5.31. The normalized spacial score (nSPS) is 13.5. The predicted molar refractivity (Wildman–Crippen MR) is 130 cm³/mol. The summed E-state index contributed by atoms with van der Waals surface area (Å²) >= 11 is 0. The number of carbonyl (C=O) groups is 1. The summed E-state index contributed by atoms with van der Waals surface area (Å²) in [5.74, 6) is 0.971. The molecule has 170 valence electrons. The van der Waals surface area contributed by atoms with Crippen LogP contribution in [-0.4, -0.2) is 57.1 Å². The van der Waals surface area contributed by atoms with Gasteiger partial charge < -0.3 is 20.3 Å². The van der Waals surface area contributed by atoms with Gasteiger partial charge in [-0.1, -0.05) is 6.58 Å². The molecule has 1 aliphatic rings. The Morgan fingerprint density at radius 2 is 1.85 bits per heavy atom. The second kappa shape index (κ2) is 9.59. The van der Waals surface area contributed by atoms with Crippen LogP contribution in [0.5, 0.6) is 0 Å². The van der Waals surface area contributed by atoms with Gasteiger partial charge in [0.1, 0.15) is 22.7 Å². The van der Waals surface area contributed by atoms with Crippen LogP contribution in [0, 0.1) is 0 Å². The summed E-state index contributed by atoms with van der Waals surface area (Å²) in [7, 11) is 0. The maximum Gasteiger partial charge on any atom is 0.247 e. The number of hydrogen-bond donors (Lipinski definition) is 2. The van der Waals surface area contributed by atoms with Crippen molar-refractivity contribution in [3.8, 4) is 11.4 Å². The lowest BCUT2D eigenvalue weighted by atomic mass is 10.1. The Bertz CT molecular complexity index is 1340. The van der Waals surface area contributed by atoms with E-state index in [2.05, 4.69) is 47.0 Å². The summed E-state index contributed by atoms with van der Waals surface area (Å²) in [6.45, 7) is 6.57. The van der Waals surface area contributed by atoms with Crippen molar-refractivity contribution in [1.82, 2.24) is 24.9 Å². The fourth-order valence-corrected chi connectivity index (χ4v) is 3.64. The monoisotopic (exact) mass is 454 g/mol. The van der Waals surface area contributed by atoms with Crippen LogP contribution in [0.15, 0.2) is 67.8 Å². The molecule has 1 fully saturated rings. The molecule has 0 radical (unpaired) electrons. The van der Waals surface area contributed by atoms with E-state index >= 15 is 0 Å². The number of nitrogens with zero attached hydrogens (tertiary/aromatic N) is 6. The zero-order valence-electron chi connectivity index (χ0n) is 18.3. The van der Waals surface area contributed by atoms with Gasteiger partial charge in [0, 0.05) is 37.1 Å². The maximum absolute atomic E-state index is 11.9. The van der Waals surface area contributed by atoms with Gasteiger partial charge in [-0.2, -0.15) is 0 Å². The molecule has 0 spiro atoms. The highest BCUT2D eigenvalue weighted by atomic mass is 16.5. The number of pyridine rings is 3. The van der Waals surface area contributed by atoms with E-state index in [0.717, 1.165) is 30.0 Å². The van der Waals surface area contributed by atoms with Gasteiger partial charge in [-0.25, -0.2) is 15.0 Å². The van der Waals surface area contributed by atoms with Gasteiger partial charge >= 0.3 is 0 Å². The van der Waals surface area contributed by atoms with Gasteiger partial charge in [0.15, 0.2) is 0 Å². The van der Waals surface area contributed by atoms with Gasteiger partial charge in [-0.15, -0.1) is 0 Å². The van der Waals surface area contributed by atoms with Gasteiger partial charge in [-0.3, -0.25) is 14.8 Å². The lowest BCUT2D eigenvalue weighted by molar-refractivity contribution is -0.111. The second-order valence-corrected chi connectivity index (χ2v) is 7.51. The van der Waals surface area contributed by atoms with Crippen molar-refractivity contribution in [2.75, 3.05) is 41.8 Å². The molecule has 10 heteroatoms. The zero-order chi connectivity index (χ0) is 23.3. The Hall–Kier alpha value is -4.44. The smallest absolute Gasteiger partial charge is 0.247 e. The van der Waals surface area contributed by atoms with Crippen molar-refractivity contribution in [3.05, 3.63) is 67.8 Å². The second-order valence-electron chi connectivity index (χ2n) is 7.51. The summed E-state index contributed by atoms with van der Waals surface area (Å²) in [5, 5.41) is 6.77. The molecule has 5 rings (SSSR count). The first-order valence-corrected chi connectivity index (χ1v) is 10.8. The summed E-state index contributed by atoms with van der Waals surface area (Å²) in [6, 6.07) is 9.22. The summed E-state index contributed by atoms with van der Waals surface area (Å²) in [5.41, 5.74) is 2.92. The molecule has 0 unspecified atom stereocenters. The van der Waals surface area contributed by atoms with Crippen LogP contribution >= 0.6 is 0 Å². The Kier molecular flexibility index (Phi) is 6.04. The maximum atomic E-state index is 11.9. The number of hydrogen-bond acceptors (Lipinski definition) is 9. The summed E-state index contributed by atoms with van der Waals surface area (Å²) in [6.07, 6.45) is 7.98. The van der Waals surface area contributed by atoms with E-state index in [-0.39, 0.29) is 5.91 Å². The van der Waals surface area contributed by atoms with E-state index in [9.17, 15) is 4.79 Å². The minimum atomic E-state index is -0.334. The SMILES string of the molecule is C=CC(=O)Nc1cccnc1-c1nccc2cnc(Nc3ccc(N4CCOCC4)nc3)nc12. The molecule has 1 amide bonds. The third kappa shape index (κ3) is 4.52. The highest BCUT2D eigenvalue weighted by Gasteiger charge is 2.15. The van der Waals surface area contributed by atoms with Crippen molar-refractivity contribution in [3.63, 3.8) is 0 Å². The minimum Gasteiger partial charge on any atom is -0.378 e. The van der Waals surface area contributed by atoms with E-state index in [4.69, 9.17) is 4.74 Å². The van der Waals surface area contributed by atoms with Crippen LogP contribution in [0.1, 0.15) is 0 Å². The van der Waals surface area contributed by atoms with Gasteiger partial charge in [0.05, 0.1) is 30.8 Å². The average Bonchev–Trinajstić information content (AvgIpc) is 2.89. The van der Waals surface area contributed by atoms with Crippen LogP contribution in [-0.2, 0) is 9.53 Å². The molecule has 1 saturated heterocycles. The van der Waals surface area contributed by atoms with Crippen molar-refractivity contribution in [2.45, 2.75) is 0 Å². The minimum absolute atomic E-state index is 0.334. The molecule has 0 saturated carbocycles. The fraction of sp³-hybridized carbons (Fsp3) is 0.167. The first-order valence-electron chi connectivity index (χ1n) is 10.8. The largest absolute Gasteiger partial charge is 0.378 e. The molecule has 0 atom stereocenters. The van der Waals surface area contributed by atoms with E-state index in [1.165, 1.54) is 6.08 Å². The number of morpholine rings is 1. The van der Waals surface area contributed by atoms with Crippen LogP contribution < -0.4 is 15.5 Å². The topological polar surface area (TPSA) is 118 Å². The van der Waals surface area contributed by atoms with Gasteiger partial charge in [-0.05, 0) is 36.4 Å². The number of anilines is 4. The van der Waals surface area contributed by atoms with Crippen LogP contribution in [0.4, 0.5) is 23.1 Å². The summed E-state index contributed by atoms with van der Waals surface area (Å²) in [4.78, 5) is 36.7. The Morgan fingerprint density at radius 3 is 2.65 bits per heavy atom. The molecule has 1 aliphatic heterocycles. The van der Waals surface area contributed by atoms with Crippen molar-refractivity contribution in [1.29, 1.82) is 0 Å². The van der Waals surface area contributed by atoms with E-state index in [1.54, 1.807) is 36.9 Å². The average molecular weight is 454 g/mol. The van der Waals surface area contributed by atoms with Crippen molar-refractivity contribution < 1.29 is 9.53 Å². The number of carbonyl (C=O) groups excluding carboxylic acids is 1. The lowest BCUT2D eigenvalue weighted by Crippen LogP contribution is -2.36. The van der Waals surface area contributed by atoms with Crippen LogP contribution in [0.25, 0.3) is 22.3 Å². The number of aromatic nitrogens is 5. The highest BCUT2D eigenvalue weighted by Crippen LogP contribution is 2.30. The Morgan fingerprint density at radius 1 is 1.00 bits per heavy atom. The van der Waals surface area contributed by atoms with Crippen molar-refractivity contribution >= 4 is 40.0 Å². The predicted octanol–water partition coefficient (Wildman–Crippen LogP) is 3.19. The van der Waals surface area contributed by atoms with Crippen LogP contribution in [0.2, 0.25) is 0 Å². The molecule has 5 heterocycles. The molecule has 2 N–H and O–H groups in total. The quantitative estimate of drug-likeness (QED) is 0.423. The molecule has 0 aliphatic carbocycles. The molecule has 4 aromatic heterocycles. The first kappa shape index (κ1) is 21.4. The van der Waals surface area contributed by atoms with Gasteiger partial charge in [0.25, 0.3) is 0 Å². The Balaban J connectivity index is 1.45. The fourth-order valence-electron chi connectivity index (χ4n) is 3.64. The number of nitrogens with one attached hydrogen (secondary N) is 2. The lowest BCUT2D eigenvalue weighted by Gasteiger charge is -2.27. The molecule has 0 bridgehead atoms. The van der Waals surface area contributed by atoms with Crippen LogP contribution in [0.3, 0.4) is 0 Å². The zero-order valence-corrected chi connectivity index (χ0v) is 18.3. The summed E-state index contributed by atoms with van der Waals surface area (Å²) < 4.78 is 5.40. The van der Waals surface area contributed by atoms with Gasteiger partial charge in [0.2, 0.25) is 11.9 Å². The molecule has 4 aromatic rings. The number of amides is 1. The number of ether oxygens (including phenoxy) is 1. The third-order valence-electron chi connectivity index (χ3n) is 5.31. The van der Waals surface area contributed by atoms with Crippen molar-refractivity contribution in [2.24, 2.45) is 0 Å². The standard InChI is InChI=1S/C24H22N8O2/c1-2-20(33)30-18-4-3-8-25-22(18)23-21-16(7-9-26-23)14-28-24(31-21)29-17-5-6-19(27-15-17)32-10-12-34-13-11-32/h2-9,14-15H,1,10-13H2,(H,30,33)(H,28,29,31). The number of fused-ring (bicyclic) bond motifs is 1. The molecule has 0 aromatic carbocycles. The highest BCUT2D eigenvalue weighted by molar-refractivity contribution is 6.02. The van der Waals surface area contributed by atoms with E-state index < -0.39 is 0 Å². The number of rotatable bonds is 6. The first-order chi connectivity index (χ1) is 16.7. The molecule has 34 heavy (non-hydrogen) atoms. The van der Waals surface area contributed by atoms with E-state index in [0.29, 0.717) is 41.8 Å². The molecule has 10 nitrogen and oxygen atoms in total. The molecular formula is C24H22N8O2. The Labute approximate surface area is 195 Å². The molecular weight excluding hydrogens is 432 g/mol. The van der Waals surface area contributed by atoms with E-state index in [1.807, 2.05) is 18.2 Å².